The molecule has 2 nitrogen and oxygen atoms in total. The summed E-state index contributed by atoms with van der Waals surface area (Å²) in [5.74, 6) is 2.82. The van der Waals surface area contributed by atoms with E-state index in [9.17, 15) is 4.79 Å². The first kappa shape index (κ1) is 11.0. The maximum absolute atomic E-state index is 10.8. The number of hydrogen-bond acceptors (Lipinski definition) is 2. The molecular formula is C10H16O2. The average molecular weight is 168 g/mol. The van der Waals surface area contributed by atoms with Gasteiger partial charge in [0, 0.05) is 12.8 Å². The molecule has 0 radical (unpaired) electrons. The number of hydrogen-bond donors (Lipinski definition) is 0. The van der Waals surface area contributed by atoms with E-state index in [1.165, 1.54) is 7.11 Å². The molecule has 0 saturated carbocycles. The normalized spacial score (nSPS) is 11.8. The van der Waals surface area contributed by atoms with Gasteiger partial charge in [0.2, 0.25) is 0 Å². The number of carbonyl (C=O) groups is 1. The van der Waals surface area contributed by atoms with Crippen molar-refractivity contribution in [3.63, 3.8) is 0 Å². The number of ether oxygens (including phenoxy) is 1. The third-order valence-electron chi connectivity index (χ3n) is 1.76. The van der Waals surface area contributed by atoms with Crippen molar-refractivity contribution >= 4 is 5.97 Å². The van der Waals surface area contributed by atoms with E-state index in [4.69, 9.17) is 6.42 Å². The van der Waals surface area contributed by atoms with Gasteiger partial charge in [0.15, 0.2) is 0 Å². The molecule has 0 aromatic heterocycles. The number of unbranched alkanes of at least 4 members (excludes halogenated alkanes) is 1. The van der Waals surface area contributed by atoms with Gasteiger partial charge in [0.1, 0.15) is 0 Å². The standard InChI is InChI=1S/C10H16O2/c1-4-5-6-7-9(2)8-10(11)12-3/h1,9H,5-8H2,2-3H3/t9-/m0/s1. The zero-order valence-electron chi connectivity index (χ0n) is 7.80. The second kappa shape index (κ2) is 6.72. The molecule has 0 aliphatic rings. The third kappa shape index (κ3) is 5.79. The molecule has 0 bridgehead atoms. The fourth-order valence-corrected chi connectivity index (χ4v) is 1.02. The third-order valence-corrected chi connectivity index (χ3v) is 1.76. The topological polar surface area (TPSA) is 26.3 Å². The van der Waals surface area contributed by atoms with E-state index in [0.29, 0.717) is 12.3 Å². The van der Waals surface area contributed by atoms with Crippen LogP contribution in [0.25, 0.3) is 0 Å². The van der Waals surface area contributed by atoms with E-state index in [-0.39, 0.29) is 5.97 Å². The lowest BCUT2D eigenvalue weighted by Crippen LogP contribution is -2.06. The lowest BCUT2D eigenvalue weighted by atomic mass is 10.0. The lowest BCUT2D eigenvalue weighted by molar-refractivity contribution is -0.141. The van der Waals surface area contributed by atoms with Crippen LogP contribution in [0.3, 0.4) is 0 Å². The molecule has 0 spiro atoms. The summed E-state index contributed by atoms with van der Waals surface area (Å²) in [6, 6.07) is 0. The number of esters is 1. The van der Waals surface area contributed by atoms with Crippen molar-refractivity contribution in [3.05, 3.63) is 0 Å². The molecule has 0 heterocycles. The van der Waals surface area contributed by atoms with Crippen molar-refractivity contribution in [2.45, 2.75) is 32.6 Å². The fourth-order valence-electron chi connectivity index (χ4n) is 1.02. The van der Waals surface area contributed by atoms with E-state index in [1.807, 2.05) is 6.92 Å². The zero-order chi connectivity index (χ0) is 9.40. The Hall–Kier alpha value is -0.970. The monoisotopic (exact) mass is 168 g/mol. The van der Waals surface area contributed by atoms with Crippen LogP contribution in [0.5, 0.6) is 0 Å². The Morgan fingerprint density at radius 3 is 2.83 bits per heavy atom. The second-order valence-electron chi connectivity index (χ2n) is 2.98. The molecule has 0 aliphatic heterocycles. The summed E-state index contributed by atoms with van der Waals surface area (Å²) in [6.45, 7) is 2.04. The molecule has 0 aromatic carbocycles. The van der Waals surface area contributed by atoms with Gasteiger partial charge in [-0.2, -0.15) is 0 Å². The summed E-state index contributed by atoms with van der Waals surface area (Å²) in [6.07, 6.45) is 8.39. The molecule has 0 saturated heterocycles. The van der Waals surface area contributed by atoms with Crippen LogP contribution in [-0.2, 0) is 9.53 Å². The molecule has 1 atom stereocenters. The Morgan fingerprint density at radius 1 is 1.67 bits per heavy atom. The van der Waals surface area contributed by atoms with Gasteiger partial charge in [0.05, 0.1) is 7.11 Å². The Balaban J connectivity index is 3.40. The smallest absolute Gasteiger partial charge is 0.305 e. The van der Waals surface area contributed by atoms with Crippen LogP contribution in [0.2, 0.25) is 0 Å². The summed E-state index contributed by atoms with van der Waals surface area (Å²) in [7, 11) is 1.41. The molecule has 2 heteroatoms. The van der Waals surface area contributed by atoms with Gasteiger partial charge in [-0.1, -0.05) is 6.92 Å². The molecule has 0 rings (SSSR count). The zero-order valence-corrected chi connectivity index (χ0v) is 7.80. The maximum Gasteiger partial charge on any atom is 0.305 e. The Bertz CT molecular complexity index is 167. The minimum Gasteiger partial charge on any atom is -0.469 e. The first-order valence-electron chi connectivity index (χ1n) is 4.21. The quantitative estimate of drug-likeness (QED) is 0.356. The maximum atomic E-state index is 10.8. The van der Waals surface area contributed by atoms with Crippen molar-refractivity contribution < 1.29 is 9.53 Å². The van der Waals surface area contributed by atoms with Crippen LogP contribution in [0.4, 0.5) is 0 Å². The fraction of sp³-hybridized carbons (Fsp3) is 0.700. The highest BCUT2D eigenvalue weighted by Crippen LogP contribution is 2.11. The molecule has 0 aliphatic carbocycles. The van der Waals surface area contributed by atoms with Crippen LogP contribution in [0, 0.1) is 18.3 Å². The van der Waals surface area contributed by atoms with Crippen LogP contribution in [0.15, 0.2) is 0 Å². The van der Waals surface area contributed by atoms with Crippen molar-refractivity contribution in [3.8, 4) is 12.3 Å². The van der Waals surface area contributed by atoms with Gasteiger partial charge in [0.25, 0.3) is 0 Å². The van der Waals surface area contributed by atoms with Crippen molar-refractivity contribution in [1.82, 2.24) is 0 Å². The van der Waals surface area contributed by atoms with Gasteiger partial charge in [-0.15, -0.1) is 12.3 Å². The SMILES string of the molecule is C#CCCC[C@H](C)CC(=O)OC. The highest BCUT2D eigenvalue weighted by molar-refractivity contribution is 5.69. The van der Waals surface area contributed by atoms with Gasteiger partial charge in [-0.25, -0.2) is 0 Å². The summed E-state index contributed by atoms with van der Waals surface area (Å²) in [4.78, 5) is 10.8. The molecule has 68 valence electrons. The van der Waals surface area contributed by atoms with Gasteiger partial charge in [-0.05, 0) is 18.8 Å². The molecule has 12 heavy (non-hydrogen) atoms. The Morgan fingerprint density at radius 2 is 2.33 bits per heavy atom. The summed E-state index contributed by atoms with van der Waals surface area (Å²) in [5.41, 5.74) is 0. The second-order valence-corrected chi connectivity index (χ2v) is 2.98. The van der Waals surface area contributed by atoms with E-state index in [2.05, 4.69) is 10.7 Å². The molecule has 0 amide bonds. The minimum atomic E-state index is -0.136. The highest BCUT2D eigenvalue weighted by Gasteiger charge is 2.07. The largest absolute Gasteiger partial charge is 0.469 e. The van der Waals surface area contributed by atoms with E-state index >= 15 is 0 Å². The minimum absolute atomic E-state index is 0.136. The van der Waals surface area contributed by atoms with Crippen LogP contribution in [-0.4, -0.2) is 13.1 Å². The van der Waals surface area contributed by atoms with E-state index in [1.54, 1.807) is 0 Å². The number of terminal acetylenes is 1. The van der Waals surface area contributed by atoms with Gasteiger partial charge >= 0.3 is 5.97 Å². The summed E-state index contributed by atoms with van der Waals surface area (Å²) in [5, 5.41) is 0. The van der Waals surface area contributed by atoms with Crippen molar-refractivity contribution in [1.29, 1.82) is 0 Å². The summed E-state index contributed by atoms with van der Waals surface area (Å²) >= 11 is 0. The first-order chi connectivity index (χ1) is 5.70. The number of rotatable bonds is 5. The van der Waals surface area contributed by atoms with Crippen molar-refractivity contribution in [2.75, 3.05) is 7.11 Å². The number of carbonyl (C=O) groups excluding carboxylic acids is 1. The van der Waals surface area contributed by atoms with Crippen LogP contribution in [0.1, 0.15) is 32.6 Å². The predicted molar refractivity (Wildman–Crippen MR) is 48.5 cm³/mol. The highest BCUT2D eigenvalue weighted by atomic mass is 16.5. The van der Waals surface area contributed by atoms with Crippen LogP contribution >= 0.6 is 0 Å². The summed E-state index contributed by atoms with van der Waals surface area (Å²) < 4.78 is 4.55. The first-order valence-corrected chi connectivity index (χ1v) is 4.21. The van der Waals surface area contributed by atoms with E-state index < -0.39 is 0 Å². The van der Waals surface area contributed by atoms with Crippen molar-refractivity contribution in [2.24, 2.45) is 5.92 Å². The van der Waals surface area contributed by atoms with E-state index in [0.717, 1.165) is 19.3 Å². The Labute approximate surface area is 74.3 Å². The lowest BCUT2D eigenvalue weighted by Gasteiger charge is -2.07. The van der Waals surface area contributed by atoms with Gasteiger partial charge < -0.3 is 4.74 Å². The number of methoxy groups -OCH3 is 1. The molecular weight excluding hydrogens is 152 g/mol. The predicted octanol–water partition coefficient (Wildman–Crippen LogP) is 1.99. The average Bonchev–Trinajstić information content (AvgIpc) is 2.05. The van der Waals surface area contributed by atoms with Gasteiger partial charge in [-0.3, -0.25) is 4.79 Å². The van der Waals surface area contributed by atoms with Crippen LogP contribution < -0.4 is 0 Å². The molecule has 0 unspecified atom stereocenters. The molecule has 0 N–H and O–H groups in total. The molecule has 0 fully saturated rings. The molecule has 0 aromatic rings. The Kier molecular flexibility index (Phi) is 6.18.